The number of anilines is 2. The lowest BCUT2D eigenvalue weighted by Crippen LogP contribution is -2.40. The number of hydrogen-bond donors (Lipinski definition) is 3. The molecule has 11 nitrogen and oxygen atoms in total. The third kappa shape index (κ3) is 7.27. The number of nitrogens with one attached hydrogen (secondary N) is 2. The first-order valence-corrected chi connectivity index (χ1v) is 14.0. The molecule has 43 heavy (non-hydrogen) atoms. The lowest BCUT2D eigenvalue weighted by molar-refractivity contribution is 0.102. The monoisotopic (exact) mass is 615 g/mol. The smallest absolute Gasteiger partial charge is 0.275 e. The number of benzene rings is 1. The summed E-state index contributed by atoms with van der Waals surface area (Å²) in [4.78, 5) is 32.0. The first-order chi connectivity index (χ1) is 20.7. The Morgan fingerprint density at radius 2 is 1.98 bits per heavy atom. The normalized spacial score (nSPS) is 15.7. The number of hydrogen-bond acceptors (Lipinski definition) is 9. The molecule has 0 aliphatic carbocycles. The van der Waals surface area contributed by atoms with Crippen molar-refractivity contribution in [3.05, 3.63) is 77.0 Å². The van der Waals surface area contributed by atoms with Crippen molar-refractivity contribution >= 4 is 29.1 Å². The van der Waals surface area contributed by atoms with Gasteiger partial charge >= 0.3 is 0 Å². The minimum atomic E-state index is -2.99. The zero-order valence-electron chi connectivity index (χ0n) is 23.1. The Kier molecular flexibility index (Phi) is 9.48. The molecular weight excluding hydrogens is 587 g/mol. The molecule has 5 rings (SSSR count). The topological polar surface area (TPSA) is 134 Å². The molecule has 226 valence electrons. The molecule has 1 saturated heterocycles. The molecule has 0 bridgehead atoms. The highest BCUT2D eigenvalue weighted by molar-refractivity contribution is 6.31. The van der Waals surface area contributed by atoms with Crippen LogP contribution >= 0.6 is 11.6 Å². The second kappa shape index (κ2) is 13.4. The minimum absolute atomic E-state index is 0.213. The second-order valence-corrected chi connectivity index (χ2v) is 10.6. The average molecular weight is 616 g/mol. The Morgan fingerprint density at radius 3 is 2.72 bits per heavy atom. The van der Waals surface area contributed by atoms with Gasteiger partial charge in [-0.1, -0.05) is 17.7 Å². The van der Waals surface area contributed by atoms with Crippen LogP contribution in [-0.2, 0) is 6.54 Å². The van der Waals surface area contributed by atoms with Crippen LogP contribution in [0.25, 0.3) is 11.3 Å². The number of carbonyl (C=O) groups is 1. The molecule has 1 aliphatic rings. The summed E-state index contributed by atoms with van der Waals surface area (Å²) in [5.41, 5.74) is -0.448. The van der Waals surface area contributed by atoms with Gasteiger partial charge in [0, 0.05) is 61.0 Å². The number of rotatable bonds is 11. The molecule has 3 N–H and O–H groups in total. The fraction of sp³-hybridized carbons (Fsp3) is 0.357. The van der Waals surface area contributed by atoms with Crippen molar-refractivity contribution in [3.63, 3.8) is 0 Å². The summed E-state index contributed by atoms with van der Waals surface area (Å²) in [5.74, 6) is -1.12. The lowest BCUT2D eigenvalue weighted by atomic mass is 10.0. The van der Waals surface area contributed by atoms with Crippen molar-refractivity contribution in [3.8, 4) is 11.3 Å². The largest absolute Gasteiger partial charge is 0.392 e. The number of aromatic nitrogens is 6. The molecule has 0 saturated carbocycles. The third-order valence-electron chi connectivity index (χ3n) is 6.87. The van der Waals surface area contributed by atoms with Crippen LogP contribution in [0.5, 0.6) is 0 Å². The first kappa shape index (κ1) is 30.3. The number of aliphatic hydroxyl groups excluding tert-OH is 1. The summed E-state index contributed by atoms with van der Waals surface area (Å²) >= 11 is 5.80. The van der Waals surface area contributed by atoms with Crippen LogP contribution in [-0.4, -0.2) is 72.5 Å². The van der Waals surface area contributed by atoms with Crippen LogP contribution in [0.2, 0.25) is 5.02 Å². The molecule has 3 aromatic heterocycles. The first-order valence-electron chi connectivity index (χ1n) is 13.6. The maximum Gasteiger partial charge on any atom is 0.275 e. The van der Waals surface area contributed by atoms with E-state index in [0.29, 0.717) is 24.7 Å². The number of halogens is 4. The van der Waals surface area contributed by atoms with Crippen molar-refractivity contribution in [1.29, 1.82) is 0 Å². The number of aliphatic hydroxyl groups is 1. The third-order valence-corrected chi connectivity index (χ3v) is 7.16. The summed E-state index contributed by atoms with van der Waals surface area (Å²) < 4.78 is 43.3. The van der Waals surface area contributed by atoms with E-state index in [4.69, 9.17) is 11.6 Å². The van der Waals surface area contributed by atoms with Crippen molar-refractivity contribution in [2.24, 2.45) is 0 Å². The Labute approximate surface area is 250 Å². The number of alkyl halides is 2. The quantitative estimate of drug-likeness (QED) is 0.228. The molecule has 1 aliphatic heterocycles. The molecule has 0 spiro atoms. The molecule has 1 unspecified atom stereocenters. The van der Waals surface area contributed by atoms with Gasteiger partial charge in [0.25, 0.3) is 12.3 Å². The van der Waals surface area contributed by atoms with E-state index < -0.39 is 35.4 Å². The summed E-state index contributed by atoms with van der Waals surface area (Å²) in [7, 11) is 0. The fourth-order valence-corrected chi connectivity index (χ4v) is 5.01. The molecule has 4 heterocycles. The van der Waals surface area contributed by atoms with Crippen LogP contribution in [0.4, 0.5) is 24.8 Å². The highest BCUT2D eigenvalue weighted by Gasteiger charge is 2.26. The van der Waals surface area contributed by atoms with Crippen LogP contribution < -0.4 is 15.5 Å². The maximum absolute atomic E-state index is 14.7. The van der Waals surface area contributed by atoms with E-state index in [1.807, 2.05) is 0 Å². The molecule has 15 heteroatoms. The van der Waals surface area contributed by atoms with Gasteiger partial charge in [-0.05, 0) is 25.8 Å². The molecule has 2 atom stereocenters. The summed E-state index contributed by atoms with van der Waals surface area (Å²) in [6, 6.07) is 2.30. The van der Waals surface area contributed by atoms with Crippen LogP contribution in [0.3, 0.4) is 0 Å². The highest BCUT2D eigenvalue weighted by Crippen LogP contribution is 2.35. The van der Waals surface area contributed by atoms with Gasteiger partial charge in [0.15, 0.2) is 5.82 Å². The van der Waals surface area contributed by atoms with Crippen molar-refractivity contribution in [2.45, 2.75) is 44.9 Å². The summed E-state index contributed by atoms with van der Waals surface area (Å²) in [5, 5.41) is 19.3. The van der Waals surface area contributed by atoms with E-state index >= 15 is 0 Å². The second-order valence-electron chi connectivity index (χ2n) is 10.2. The Hall–Kier alpha value is -4.14. The van der Waals surface area contributed by atoms with Gasteiger partial charge in [-0.2, -0.15) is 5.10 Å². The van der Waals surface area contributed by atoms with Crippen molar-refractivity contribution in [2.75, 3.05) is 29.9 Å². The van der Waals surface area contributed by atoms with Gasteiger partial charge in [-0.25, -0.2) is 28.1 Å². The van der Waals surface area contributed by atoms with E-state index in [1.165, 1.54) is 6.20 Å². The van der Waals surface area contributed by atoms with Gasteiger partial charge in [-0.3, -0.25) is 14.5 Å². The average Bonchev–Trinajstić information content (AvgIpc) is 3.64. The number of amides is 1. The van der Waals surface area contributed by atoms with Crippen LogP contribution in [0, 0.1) is 5.82 Å². The van der Waals surface area contributed by atoms with Gasteiger partial charge in [0.05, 0.1) is 47.6 Å². The summed E-state index contributed by atoms with van der Waals surface area (Å²) in [6.07, 6.45) is 7.37. The van der Waals surface area contributed by atoms with Crippen molar-refractivity contribution in [1.82, 2.24) is 35.0 Å². The molecule has 1 amide bonds. The van der Waals surface area contributed by atoms with Crippen LogP contribution in [0.1, 0.15) is 47.8 Å². The molecule has 1 fully saturated rings. The van der Waals surface area contributed by atoms with E-state index in [2.05, 4.69) is 40.6 Å². The molecule has 4 aromatic rings. The van der Waals surface area contributed by atoms with Crippen LogP contribution in [0.15, 0.2) is 49.3 Å². The lowest BCUT2D eigenvalue weighted by Gasteiger charge is -2.25. The van der Waals surface area contributed by atoms with Gasteiger partial charge in [0.1, 0.15) is 5.69 Å². The predicted molar refractivity (Wildman–Crippen MR) is 154 cm³/mol. The zero-order chi connectivity index (χ0) is 30.5. The molecule has 1 aromatic carbocycles. The highest BCUT2D eigenvalue weighted by atomic mass is 35.5. The standard InChI is InChI=1S/C28H29ClF3N9O2/c1-16(42)7-33-11-19-3-2-6-41(19)28-35-8-17(9-36-28)14-40-15-18(10-37-40)38-27(43)23-13-34-12-22(39-23)24-20(26(31)32)4-5-21(29)25(24)30/h4-5,8-10,12-13,15-16,19,26,33,42H,2-3,6-7,11,14H2,1H3,(H,38,43)/t16-,19?/m1/s1. The zero-order valence-corrected chi connectivity index (χ0v) is 23.8. The Morgan fingerprint density at radius 1 is 1.19 bits per heavy atom. The minimum Gasteiger partial charge on any atom is -0.392 e. The van der Waals surface area contributed by atoms with E-state index in [9.17, 15) is 23.1 Å². The predicted octanol–water partition coefficient (Wildman–Crippen LogP) is 4.10. The Bertz CT molecular complexity index is 1570. The number of nitrogens with zero attached hydrogens (tertiary/aromatic N) is 7. The van der Waals surface area contributed by atoms with E-state index in [1.54, 1.807) is 30.2 Å². The van der Waals surface area contributed by atoms with Gasteiger partial charge < -0.3 is 20.6 Å². The van der Waals surface area contributed by atoms with E-state index in [0.717, 1.165) is 56.0 Å². The maximum atomic E-state index is 14.7. The van der Waals surface area contributed by atoms with Gasteiger partial charge in [0.2, 0.25) is 5.95 Å². The summed E-state index contributed by atoms with van der Waals surface area (Å²) in [6.45, 7) is 4.21. The molecule has 0 radical (unpaired) electrons. The Balaban J connectivity index is 1.22. The van der Waals surface area contributed by atoms with Gasteiger partial charge in [-0.15, -0.1) is 0 Å². The molecular formula is C28H29ClF3N9O2. The fourth-order valence-electron chi connectivity index (χ4n) is 4.85. The number of carbonyl (C=O) groups excluding carboxylic acids is 1. The van der Waals surface area contributed by atoms with E-state index in [-0.39, 0.29) is 22.5 Å². The van der Waals surface area contributed by atoms with Crippen molar-refractivity contribution < 1.29 is 23.1 Å². The SMILES string of the molecule is C[C@@H](O)CNCC1CCCN1c1ncc(Cn2cc(NC(=O)c3cncc(-c4c(C(F)F)ccc(Cl)c4F)n3)cn2)cn1.